The fourth-order valence-corrected chi connectivity index (χ4v) is 8.07. The number of rotatable bonds is 7. The molecule has 1 saturated carbocycles. The standard InChI is InChI=1S/C20H32N6O4S2/c1-25(20-18-8-9-22-19(18)23-14-24-20)17-6-4-15(5-7-17)13-32(29,30)26-10-2-3-16(11-26)12-31(21,27)28/h8-9,14-17H,2-7,10-13H2,1H3,(H2,21,27,28)(H,22,23,24). The molecule has 1 aliphatic heterocycles. The summed E-state index contributed by atoms with van der Waals surface area (Å²) in [6, 6.07) is 2.28. The lowest BCUT2D eigenvalue weighted by atomic mass is 9.86. The first-order valence-corrected chi connectivity index (χ1v) is 14.4. The van der Waals surface area contributed by atoms with Crippen LogP contribution in [0.3, 0.4) is 0 Å². The molecule has 3 N–H and O–H groups in total. The van der Waals surface area contributed by atoms with Crippen molar-refractivity contribution in [2.75, 3.05) is 36.5 Å². The maximum atomic E-state index is 13.0. The zero-order valence-corrected chi connectivity index (χ0v) is 20.0. The molecule has 2 aliphatic rings. The molecule has 1 aliphatic carbocycles. The summed E-state index contributed by atoms with van der Waals surface area (Å²) in [6.45, 7) is 0.707. The summed E-state index contributed by atoms with van der Waals surface area (Å²) < 4.78 is 50.4. The van der Waals surface area contributed by atoms with Crippen LogP contribution >= 0.6 is 0 Å². The molecule has 2 aromatic heterocycles. The van der Waals surface area contributed by atoms with Crippen molar-refractivity contribution in [1.82, 2.24) is 19.3 Å². The topological polar surface area (TPSA) is 142 Å². The molecule has 4 rings (SSSR count). The lowest BCUT2D eigenvalue weighted by Crippen LogP contribution is -2.45. The largest absolute Gasteiger partial charge is 0.356 e. The highest BCUT2D eigenvalue weighted by molar-refractivity contribution is 7.89. The van der Waals surface area contributed by atoms with Gasteiger partial charge in [0.2, 0.25) is 20.0 Å². The number of hydrogen-bond donors (Lipinski definition) is 2. The quantitative estimate of drug-likeness (QED) is 0.603. The van der Waals surface area contributed by atoms with Crippen LogP contribution in [0.1, 0.15) is 38.5 Å². The first-order valence-electron chi connectivity index (χ1n) is 11.1. The minimum absolute atomic E-state index is 0.112. The Bertz CT molecular complexity index is 1140. The summed E-state index contributed by atoms with van der Waals surface area (Å²) in [5, 5.41) is 6.15. The Balaban J connectivity index is 1.33. The van der Waals surface area contributed by atoms with Crippen LogP contribution in [-0.2, 0) is 20.0 Å². The molecule has 0 bridgehead atoms. The summed E-state index contributed by atoms with van der Waals surface area (Å²) in [6.07, 6.45) is 8.26. The minimum Gasteiger partial charge on any atom is -0.356 e. The predicted octanol–water partition coefficient (Wildman–Crippen LogP) is 1.28. The lowest BCUT2D eigenvalue weighted by Gasteiger charge is -2.37. The van der Waals surface area contributed by atoms with Gasteiger partial charge in [0.15, 0.2) is 0 Å². The summed E-state index contributed by atoms with van der Waals surface area (Å²) >= 11 is 0. The SMILES string of the molecule is CN(c1ncnc2[nH]ccc12)C1CCC(CS(=O)(=O)N2CCCC(CS(N)(=O)=O)C2)CC1. The van der Waals surface area contributed by atoms with Crippen molar-refractivity contribution < 1.29 is 16.8 Å². The number of fused-ring (bicyclic) bond motifs is 1. The molecule has 2 fully saturated rings. The van der Waals surface area contributed by atoms with E-state index in [4.69, 9.17) is 5.14 Å². The molecule has 0 amide bonds. The molecular weight excluding hydrogens is 452 g/mol. The number of aromatic nitrogens is 3. The van der Waals surface area contributed by atoms with Crippen molar-refractivity contribution in [3.63, 3.8) is 0 Å². The van der Waals surface area contributed by atoms with Gasteiger partial charge < -0.3 is 9.88 Å². The second-order valence-corrected chi connectivity index (χ2v) is 12.9. The highest BCUT2D eigenvalue weighted by Crippen LogP contribution is 2.33. The fourth-order valence-electron chi connectivity index (χ4n) is 5.16. The summed E-state index contributed by atoms with van der Waals surface area (Å²) in [5.74, 6) is 0.744. The van der Waals surface area contributed by atoms with Gasteiger partial charge in [0.1, 0.15) is 17.8 Å². The van der Waals surface area contributed by atoms with E-state index in [2.05, 4.69) is 19.9 Å². The Morgan fingerprint density at radius 3 is 2.56 bits per heavy atom. The highest BCUT2D eigenvalue weighted by atomic mass is 32.2. The van der Waals surface area contributed by atoms with Gasteiger partial charge in [-0.05, 0) is 56.4 Å². The number of piperidine rings is 1. The Kier molecular flexibility index (Phi) is 6.76. The maximum absolute atomic E-state index is 13.0. The smallest absolute Gasteiger partial charge is 0.214 e. The second-order valence-electron chi connectivity index (χ2n) is 9.20. The number of sulfonamides is 2. The van der Waals surface area contributed by atoms with Crippen LogP contribution in [0.4, 0.5) is 5.82 Å². The van der Waals surface area contributed by atoms with Gasteiger partial charge in [-0.15, -0.1) is 0 Å². The number of nitrogens with zero attached hydrogens (tertiary/aromatic N) is 4. The number of aromatic amines is 1. The normalized spacial score (nSPS) is 25.8. The molecule has 3 heterocycles. The second kappa shape index (κ2) is 9.24. The van der Waals surface area contributed by atoms with Crippen LogP contribution in [0.5, 0.6) is 0 Å². The van der Waals surface area contributed by atoms with Gasteiger partial charge >= 0.3 is 0 Å². The molecule has 0 spiro atoms. The van der Waals surface area contributed by atoms with E-state index in [0.717, 1.165) is 42.5 Å². The molecule has 0 radical (unpaired) electrons. The molecule has 10 nitrogen and oxygen atoms in total. The monoisotopic (exact) mass is 484 g/mol. The molecular formula is C20H32N6O4S2. The van der Waals surface area contributed by atoms with Crippen LogP contribution in [0.25, 0.3) is 11.0 Å². The number of anilines is 1. The van der Waals surface area contributed by atoms with Gasteiger partial charge in [-0.1, -0.05) is 0 Å². The Labute approximate surface area is 189 Å². The fraction of sp³-hybridized carbons (Fsp3) is 0.700. The maximum Gasteiger partial charge on any atom is 0.214 e. The zero-order valence-electron chi connectivity index (χ0n) is 18.4. The lowest BCUT2D eigenvalue weighted by molar-refractivity contribution is 0.276. The molecule has 1 atom stereocenters. The van der Waals surface area contributed by atoms with Crippen molar-refractivity contribution >= 4 is 36.9 Å². The first-order chi connectivity index (χ1) is 15.1. The zero-order chi connectivity index (χ0) is 22.9. The van der Waals surface area contributed by atoms with Gasteiger partial charge in [0, 0.05) is 32.4 Å². The van der Waals surface area contributed by atoms with Gasteiger partial charge in [-0.3, -0.25) is 0 Å². The van der Waals surface area contributed by atoms with Crippen LogP contribution in [0.2, 0.25) is 0 Å². The molecule has 12 heteroatoms. The van der Waals surface area contributed by atoms with Crippen LogP contribution < -0.4 is 10.0 Å². The highest BCUT2D eigenvalue weighted by Gasteiger charge is 2.34. The van der Waals surface area contributed by atoms with Crippen LogP contribution in [0.15, 0.2) is 18.6 Å². The van der Waals surface area contributed by atoms with E-state index in [1.807, 2.05) is 19.3 Å². The van der Waals surface area contributed by atoms with E-state index in [1.165, 1.54) is 4.31 Å². The third-order valence-corrected chi connectivity index (χ3v) is 9.77. The minimum atomic E-state index is -3.60. The third kappa shape index (κ3) is 5.41. The average Bonchev–Trinajstić information content (AvgIpc) is 3.21. The van der Waals surface area contributed by atoms with Crippen molar-refractivity contribution in [2.45, 2.75) is 44.6 Å². The number of primary sulfonamides is 1. The molecule has 2 aromatic rings. The van der Waals surface area contributed by atoms with E-state index in [-0.39, 0.29) is 29.9 Å². The molecule has 1 unspecified atom stereocenters. The Morgan fingerprint density at radius 1 is 1.09 bits per heavy atom. The summed E-state index contributed by atoms with van der Waals surface area (Å²) in [7, 11) is -4.99. The van der Waals surface area contributed by atoms with Crippen LogP contribution in [-0.4, -0.2) is 73.8 Å². The van der Waals surface area contributed by atoms with E-state index in [1.54, 1.807) is 6.33 Å². The Hall–Kier alpha value is -1.76. The van der Waals surface area contributed by atoms with Crippen molar-refractivity contribution in [2.24, 2.45) is 17.0 Å². The molecule has 32 heavy (non-hydrogen) atoms. The number of nitrogens with one attached hydrogen (secondary N) is 1. The van der Waals surface area contributed by atoms with Crippen molar-refractivity contribution in [3.8, 4) is 0 Å². The van der Waals surface area contributed by atoms with Gasteiger partial charge in [0.25, 0.3) is 0 Å². The number of nitrogens with two attached hydrogens (primary N) is 1. The van der Waals surface area contributed by atoms with Crippen molar-refractivity contribution in [1.29, 1.82) is 0 Å². The molecule has 1 saturated heterocycles. The number of H-pyrrole nitrogens is 1. The molecule has 178 valence electrons. The van der Waals surface area contributed by atoms with E-state index in [0.29, 0.717) is 25.4 Å². The Morgan fingerprint density at radius 2 is 1.84 bits per heavy atom. The first kappa shape index (κ1) is 23.4. The molecule has 0 aromatic carbocycles. The van der Waals surface area contributed by atoms with E-state index >= 15 is 0 Å². The van der Waals surface area contributed by atoms with E-state index < -0.39 is 20.0 Å². The summed E-state index contributed by atoms with van der Waals surface area (Å²) in [4.78, 5) is 14.0. The van der Waals surface area contributed by atoms with Gasteiger partial charge in [0.05, 0.1) is 16.9 Å². The predicted molar refractivity (Wildman–Crippen MR) is 124 cm³/mol. The summed E-state index contributed by atoms with van der Waals surface area (Å²) in [5.41, 5.74) is 0.809. The third-order valence-electron chi connectivity index (χ3n) is 6.82. The van der Waals surface area contributed by atoms with Crippen molar-refractivity contribution in [3.05, 3.63) is 18.6 Å². The van der Waals surface area contributed by atoms with Crippen LogP contribution in [0, 0.1) is 11.8 Å². The van der Waals surface area contributed by atoms with Gasteiger partial charge in [-0.2, -0.15) is 0 Å². The number of hydrogen-bond acceptors (Lipinski definition) is 7. The van der Waals surface area contributed by atoms with E-state index in [9.17, 15) is 16.8 Å². The van der Waals surface area contributed by atoms with Gasteiger partial charge in [-0.25, -0.2) is 36.2 Å². The average molecular weight is 485 g/mol.